The van der Waals surface area contributed by atoms with Gasteiger partial charge in [-0.2, -0.15) is 0 Å². The Morgan fingerprint density at radius 2 is 1.59 bits per heavy atom. The van der Waals surface area contributed by atoms with Gasteiger partial charge in [0.05, 0.1) is 27.9 Å². The lowest BCUT2D eigenvalue weighted by Gasteiger charge is -2.29. The number of anilines is 2. The molecule has 0 N–H and O–H groups in total. The van der Waals surface area contributed by atoms with Crippen LogP contribution in [0.25, 0.3) is 0 Å². The summed E-state index contributed by atoms with van der Waals surface area (Å²) in [5, 5.41) is 12.9. The van der Waals surface area contributed by atoms with Crippen molar-refractivity contribution in [3.05, 3.63) is 130 Å². The average molecular weight is 550 g/mol. The number of esters is 1. The first-order valence-corrected chi connectivity index (χ1v) is 12.8. The standard InChI is InChI=1S/C31H23N3O7/c1-19-8-5-6-13-25(19)32-29(35)26-27(20-14-16-24(17-15-20)40-31(37)21-9-3-2-4-10-21)33(41-28(26)30(32)36)22-11-7-12-23(18-22)34(38)39/h2-18,26-28H,1H3/t26-,27-,28+/m0/s1. The molecule has 2 amide bonds. The van der Waals surface area contributed by atoms with Gasteiger partial charge in [-0.3, -0.25) is 24.5 Å². The SMILES string of the molecule is Cc1ccccc1N1C(=O)[C@@H]2[C@@H](ON(c3cccc([N+](=O)[O-])c3)[C@H]2c2ccc(OC(=O)c3ccccc3)cc2)C1=O. The fourth-order valence-electron chi connectivity index (χ4n) is 5.25. The Morgan fingerprint density at radius 3 is 2.29 bits per heavy atom. The van der Waals surface area contributed by atoms with Crippen LogP contribution in [-0.4, -0.2) is 28.8 Å². The number of benzene rings is 4. The van der Waals surface area contributed by atoms with Crippen molar-refractivity contribution in [2.75, 3.05) is 9.96 Å². The molecule has 2 fully saturated rings. The molecule has 0 aliphatic carbocycles. The van der Waals surface area contributed by atoms with Gasteiger partial charge in [0, 0.05) is 12.1 Å². The third-order valence-electron chi connectivity index (χ3n) is 7.21. The van der Waals surface area contributed by atoms with Crippen molar-refractivity contribution >= 4 is 34.8 Å². The van der Waals surface area contributed by atoms with Gasteiger partial charge in [0.1, 0.15) is 11.7 Å². The van der Waals surface area contributed by atoms with Crippen LogP contribution in [0.1, 0.15) is 27.5 Å². The Bertz CT molecular complexity index is 1670. The molecule has 3 atom stereocenters. The molecule has 0 bridgehead atoms. The molecule has 0 spiro atoms. The number of fused-ring (bicyclic) bond motifs is 1. The summed E-state index contributed by atoms with van der Waals surface area (Å²) in [6.07, 6.45) is -1.14. The predicted octanol–water partition coefficient (Wildman–Crippen LogP) is 5.17. The summed E-state index contributed by atoms with van der Waals surface area (Å²) in [6, 6.07) is 27.2. The van der Waals surface area contributed by atoms with Crippen LogP contribution in [0.4, 0.5) is 17.1 Å². The van der Waals surface area contributed by atoms with Crippen LogP contribution in [0.3, 0.4) is 0 Å². The Morgan fingerprint density at radius 1 is 0.878 bits per heavy atom. The van der Waals surface area contributed by atoms with Crippen LogP contribution in [0, 0.1) is 23.0 Å². The van der Waals surface area contributed by atoms with Gasteiger partial charge in [-0.1, -0.05) is 54.6 Å². The maximum atomic E-state index is 13.9. The van der Waals surface area contributed by atoms with Gasteiger partial charge in [-0.25, -0.2) is 14.8 Å². The molecule has 4 aromatic carbocycles. The van der Waals surface area contributed by atoms with E-state index in [0.29, 0.717) is 22.5 Å². The lowest BCUT2D eigenvalue weighted by molar-refractivity contribution is -0.384. The molecule has 0 aromatic heterocycles. The van der Waals surface area contributed by atoms with Crippen LogP contribution in [0.15, 0.2) is 103 Å². The Balaban J connectivity index is 1.37. The number of carbonyl (C=O) groups is 3. The molecule has 2 saturated heterocycles. The first-order valence-electron chi connectivity index (χ1n) is 12.8. The summed E-state index contributed by atoms with van der Waals surface area (Å²) in [5.41, 5.74) is 2.38. The van der Waals surface area contributed by atoms with E-state index in [2.05, 4.69) is 0 Å². The summed E-state index contributed by atoms with van der Waals surface area (Å²) >= 11 is 0. The van der Waals surface area contributed by atoms with Crippen LogP contribution >= 0.6 is 0 Å². The number of nitro benzene ring substituents is 1. The van der Waals surface area contributed by atoms with Gasteiger partial charge in [-0.15, -0.1) is 0 Å². The quantitative estimate of drug-likeness (QED) is 0.106. The molecule has 10 heteroatoms. The van der Waals surface area contributed by atoms with Crippen molar-refractivity contribution in [1.29, 1.82) is 0 Å². The number of nitro groups is 1. The molecule has 0 saturated carbocycles. The lowest BCUT2D eigenvalue weighted by atomic mass is 9.90. The summed E-state index contributed by atoms with van der Waals surface area (Å²) in [4.78, 5) is 58.2. The van der Waals surface area contributed by atoms with E-state index in [-0.39, 0.29) is 11.4 Å². The van der Waals surface area contributed by atoms with Gasteiger partial charge in [0.25, 0.3) is 11.6 Å². The first-order chi connectivity index (χ1) is 19.8. The Hall–Kier alpha value is -5.35. The van der Waals surface area contributed by atoms with Crippen LogP contribution in [0.5, 0.6) is 5.75 Å². The fraction of sp³-hybridized carbons (Fsp3) is 0.129. The van der Waals surface area contributed by atoms with Crippen molar-refractivity contribution in [1.82, 2.24) is 0 Å². The molecule has 204 valence electrons. The van der Waals surface area contributed by atoms with Crippen molar-refractivity contribution in [2.45, 2.75) is 19.1 Å². The molecule has 6 rings (SSSR count). The number of nitrogens with zero attached hydrogens (tertiary/aromatic N) is 3. The van der Waals surface area contributed by atoms with Crippen LogP contribution in [-0.2, 0) is 14.4 Å². The van der Waals surface area contributed by atoms with Gasteiger partial charge in [0.2, 0.25) is 5.91 Å². The minimum absolute atomic E-state index is 0.163. The highest BCUT2D eigenvalue weighted by Crippen LogP contribution is 2.48. The second-order valence-corrected chi connectivity index (χ2v) is 9.72. The highest BCUT2D eigenvalue weighted by Gasteiger charge is 2.60. The van der Waals surface area contributed by atoms with E-state index in [9.17, 15) is 24.5 Å². The largest absolute Gasteiger partial charge is 0.423 e. The number of hydrogen-bond acceptors (Lipinski definition) is 8. The number of hydroxylamine groups is 1. The Kier molecular flexibility index (Phi) is 6.52. The van der Waals surface area contributed by atoms with Crippen molar-refractivity contribution in [3.63, 3.8) is 0 Å². The second-order valence-electron chi connectivity index (χ2n) is 9.72. The predicted molar refractivity (Wildman–Crippen MR) is 148 cm³/mol. The van der Waals surface area contributed by atoms with Gasteiger partial charge < -0.3 is 4.74 Å². The number of para-hydroxylation sites is 1. The van der Waals surface area contributed by atoms with E-state index >= 15 is 0 Å². The smallest absolute Gasteiger partial charge is 0.343 e. The normalized spacial score (nSPS) is 19.8. The second kappa shape index (κ2) is 10.3. The molecule has 4 aromatic rings. The zero-order valence-electron chi connectivity index (χ0n) is 21.7. The molecular formula is C31H23N3O7. The zero-order chi connectivity index (χ0) is 28.7. The molecule has 2 aliphatic rings. The number of non-ortho nitro benzene ring substituents is 1. The van der Waals surface area contributed by atoms with Gasteiger partial charge in [-0.05, 0) is 54.4 Å². The molecule has 0 radical (unpaired) electrons. The number of rotatable bonds is 6. The van der Waals surface area contributed by atoms with E-state index < -0.39 is 40.8 Å². The van der Waals surface area contributed by atoms with Crippen molar-refractivity contribution < 1.29 is 28.9 Å². The minimum atomic E-state index is -1.14. The van der Waals surface area contributed by atoms with E-state index in [1.54, 1.807) is 72.8 Å². The van der Waals surface area contributed by atoms with Gasteiger partial charge >= 0.3 is 5.97 Å². The maximum Gasteiger partial charge on any atom is 0.343 e. The van der Waals surface area contributed by atoms with Crippen LogP contribution in [0.2, 0.25) is 0 Å². The summed E-state index contributed by atoms with van der Waals surface area (Å²) in [6.45, 7) is 1.81. The third-order valence-corrected chi connectivity index (χ3v) is 7.21. The zero-order valence-corrected chi connectivity index (χ0v) is 21.7. The molecule has 2 heterocycles. The average Bonchev–Trinajstić information content (AvgIpc) is 3.50. The highest BCUT2D eigenvalue weighted by atomic mass is 16.7. The van der Waals surface area contributed by atoms with E-state index in [1.165, 1.54) is 23.3 Å². The van der Waals surface area contributed by atoms with Gasteiger partial charge in [0.15, 0.2) is 6.10 Å². The summed E-state index contributed by atoms with van der Waals surface area (Å²) < 4.78 is 5.50. The molecule has 0 unspecified atom stereocenters. The number of imide groups is 1. The fourth-order valence-corrected chi connectivity index (χ4v) is 5.25. The first kappa shape index (κ1) is 25.9. The van der Waals surface area contributed by atoms with E-state index in [4.69, 9.17) is 9.57 Å². The number of amides is 2. The number of hydrogen-bond donors (Lipinski definition) is 0. The number of aryl methyl sites for hydroxylation is 1. The van der Waals surface area contributed by atoms with E-state index in [0.717, 1.165) is 10.5 Å². The van der Waals surface area contributed by atoms with E-state index in [1.807, 2.05) is 19.1 Å². The van der Waals surface area contributed by atoms with Crippen LogP contribution < -0.4 is 14.7 Å². The topological polar surface area (TPSA) is 119 Å². The molecular weight excluding hydrogens is 526 g/mol. The lowest BCUT2D eigenvalue weighted by Crippen LogP contribution is -2.37. The monoisotopic (exact) mass is 549 g/mol. The maximum absolute atomic E-state index is 13.9. The molecule has 10 nitrogen and oxygen atoms in total. The number of carbonyl (C=O) groups excluding carboxylic acids is 3. The van der Waals surface area contributed by atoms with Crippen molar-refractivity contribution in [2.24, 2.45) is 5.92 Å². The molecule has 2 aliphatic heterocycles. The van der Waals surface area contributed by atoms with Crippen molar-refractivity contribution in [3.8, 4) is 5.75 Å². The highest BCUT2D eigenvalue weighted by molar-refractivity contribution is 6.24. The number of ether oxygens (including phenoxy) is 1. The summed E-state index contributed by atoms with van der Waals surface area (Å²) in [5.74, 6) is -2.12. The third kappa shape index (κ3) is 4.60. The summed E-state index contributed by atoms with van der Waals surface area (Å²) in [7, 11) is 0. The minimum Gasteiger partial charge on any atom is -0.423 e. The Labute approximate surface area is 234 Å². The molecule has 41 heavy (non-hydrogen) atoms.